The maximum atomic E-state index is 11.0. The number of hydrogen-bond donors (Lipinski definition) is 0. The SMILES string of the molecule is C=CC(=O)OC(=O)C=CC=Cc1ccccc1. The van der Waals surface area contributed by atoms with Crippen LogP contribution in [0.2, 0.25) is 0 Å². The number of esters is 2. The molecule has 0 aliphatic rings. The van der Waals surface area contributed by atoms with E-state index in [4.69, 9.17) is 0 Å². The fourth-order valence-corrected chi connectivity index (χ4v) is 1.04. The van der Waals surface area contributed by atoms with Gasteiger partial charge in [0, 0.05) is 12.2 Å². The summed E-state index contributed by atoms with van der Waals surface area (Å²) in [7, 11) is 0. The summed E-state index contributed by atoms with van der Waals surface area (Å²) in [5.41, 5.74) is 1.02. The Balaban J connectivity index is 2.45. The Morgan fingerprint density at radius 2 is 1.76 bits per heavy atom. The molecule has 0 bridgehead atoms. The molecule has 0 aromatic heterocycles. The zero-order chi connectivity index (χ0) is 12.5. The zero-order valence-electron chi connectivity index (χ0n) is 9.21. The molecule has 1 aromatic rings. The highest BCUT2D eigenvalue weighted by Crippen LogP contribution is 2.00. The van der Waals surface area contributed by atoms with E-state index in [1.54, 1.807) is 6.08 Å². The van der Waals surface area contributed by atoms with Gasteiger partial charge in [0.25, 0.3) is 0 Å². The van der Waals surface area contributed by atoms with Gasteiger partial charge < -0.3 is 4.74 Å². The average Bonchev–Trinajstić information content (AvgIpc) is 2.36. The quantitative estimate of drug-likeness (QED) is 0.344. The van der Waals surface area contributed by atoms with E-state index in [1.165, 1.54) is 12.2 Å². The second kappa shape index (κ2) is 6.95. The first-order chi connectivity index (χ1) is 8.22. The molecule has 1 aromatic carbocycles. The molecule has 0 radical (unpaired) electrons. The molecule has 3 nitrogen and oxygen atoms in total. The second-order valence-corrected chi connectivity index (χ2v) is 3.07. The molecular formula is C14H12O3. The second-order valence-electron chi connectivity index (χ2n) is 3.07. The minimum absolute atomic E-state index is 0.715. The van der Waals surface area contributed by atoms with Gasteiger partial charge in [-0.05, 0) is 5.56 Å². The third kappa shape index (κ3) is 5.28. The number of hydrogen-bond acceptors (Lipinski definition) is 3. The minimum atomic E-state index is -0.758. The van der Waals surface area contributed by atoms with Crippen molar-refractivity contribution in [1.82, 2.24) is 0 Å². The van der Waals surface area contributed by atoms with E-state index >= 15 is 0 Å². The van der Waals surface area contributed by atoms with Crippen LogP contribution in [0.3, 0.4) is 0 Å². The lowest BCUT2D eigenvalue weighted by atomic mass is 10.2. The fraction of sp³-hybridized carbons (Fsp3) is 0. The van der Waals surface area contributed by atoms with Crippen LogP contribution in [0.5, 0.6) is 0 Å². The zero-order valence-corrected chi connectivity index (χ0v) is 9.21. The molecule has 17 heavy (non-hydrogen) atoms. The highest BCUT2D eigenvalue weighted by atomic mass is 16.6. The van der Waals surface area contributed by atoms with Crippen molar-refractivity contribution >= 4 is 18.0 Å². The van der Waals surface area contributed by atoms with Gasteiger partial charge in [-0.3, -0.25) is 0 Å². The lowest BCUT2D eigenvalue weighted by Gasteiger charge is -1.92. The number of benzene rings is 1. The molecule has 0 N–H and O–H groups in total. The highest BCUT2D eigenvalue weighted by Gasteiger charge is 2.00. The van der Waals surface area contributed by atoms with Crippen LogP contribution in [0.4, 0.5) is 0 Å². The first-order valence-electron chi connectivity index (χ1n) is 5.00. The molecule has 0 saturated heterocycles. The third-order valence-electron chi connectivity index (χ3n) is 1.80. The maximum Gasteiger partial charge on any atom is 0.338 e. The summed E-state index contributed by atoms with van der Waals surface area (Å²) >= 11 is 0. The van der Waals surface area contributed by atoms with Gasteiger partial charge in [0.2, 0.25) is 0 Å². The summed E-state index contributed by atoms with van der Waals surface area (Å²) < 4.78 is 4.34. The van der Waals surface area contributed by atoms with E-state index in [0.29, 0.717) is 0 Å². The van der Waals surface area contributed by atoms with Gasteiger partial charge in [0.1, 0.15) is 0 Å². The number of rotatable bonds is 4. The maximum absolute atomic E-state index is 11.0. The van der Waals surface area contributed by atoms with E-state index in [1.807, 2.05) is 36.4 Å². The van der Waals surface area contributed by atoms with Gasteiger partial charge in [0.15, 0.2) is 0 Å². The van der Waals surface area contributed by atoms with Crippen molar-refractivity contribution in [3.63, 3.8) is 0 Å². The molecule has 0 fully saturated rings. The largest absolute Gasteiger partial charge is 0.387 e. The highest BCUT2D eigenvalue weighted by molar-refractivity contribution is 5.96. The number of carbonyl (C=O) groups excluding carboxylic acids is 2. The molecule has 0 unspecified atom stereocenters. The van der Waals surface area contributed by atoms with Crippen LogP contribution >= 0.6 is 0 Å². The van der Waals surface area contributed by atoms with Crippen LogP contribution < -0.4 is 0 Å². The van der Waals surface area contributed by atoms with Crippen LogP contribution in [0.15, 0.2) is 61.2 Å². The van der Waals surface area contributed by atoms with E-state index < -0.39 is 11.9 Å². The average molecular weight is 228 g/mol. The van der Waals surface area contributed by atoms with Gasteiger partial charge in [-0.15, -0.1) is 0 Å². The molecule has 0 aliphatic carbocycles. The Bertz CT molecular complexity index is 456. The molecule has 0 heterocycles. The minimum Gasteiger partial charge on any atom is -0.387 e. The number of ether oxygens (including phenoxy) is 1. The third-order valence-corrected chi connectivity index (χ3v) is 1.80. The van der Waals surface area contributed by atoms with Crippen molar-refractivity contribution in [2.45, 2.75) is 0 Å². The van der Waals surface area contributed by atoms with Crippen molar-refractivity contribution in [2.75, 3.05) is 0 Å². The van der Waals surface area contributed by atoms with Crippen LogP contribution in [-0.4, -0.2) is 11.9 Å². The Hall–Kier alpha value is -2.42. The molecular weight excluding hydrogens is 216 g/mol. The first-order valence-corrected chi connectivity index (χ1v) is 5.00. The van der Waals surface area contributed by atoms with E-state index in [9.17, 15) is 9.59 Å². The lowest BCUT2D eigenvalue weighted by molar-refractivity contribution is -0.152. The van der Waals surface area contributed by atoms with Crippen molar-refractivity contribution in [3.05, 3.63) is 66.8 Å². The Kier molecular flexibility index (Phi) is 5.17. The molecule has 0 saturated carbocycles. The number of allylic oxidation sites excluding steroid dienone is 2. The van der Waals surface area contributed by atoms with E-state index in [-0.39, 0.29) is 0 Å². The fourth-order valence-electron chi connectivity index (χ4n) is 1.04. The molecule has 0 atom stereocenters. The van der Waals surface area contributed by atoms with Crippen LogP contribution in [0.1, 0.15) is 5.56 Å². The van der Waals surface area contributed by atoms with Gasteiger partial charge in [-0.25, -0.2) is 9.59 Å². The van der Waals surface area contributed by atoms with Gasteiger partial charge >= 0.3 is 11.9 Å². The normalized spacial score (nSPS) is 10.6. The first kappa shape index (κ1) is 12.6. The Morgan fingerprint density at radius 1 is 1.06 bits per heavy atom. The Labute approximate surface area is 99.7 Å². The molecule has 0 aliphatic heterocycles. The van der Waals surface area contributed by atoms with Crippen molar-refractivity contribution in [1.29, 1.82) is 0 Å². The molecule has 86 valence electrons. The van der Waals surface area contributed by atoms with E-state index in [2.05, 4.69) is 11.3 Å². The smallest absolute Gasteiger partial charge is 0.338 e. The van der Waals surface area contributed by atoms with Crippen LogP contribution in [0.25, 0.3) is 6.08 Å². The molecule has 3 heteroatoms. The lowest BCUT2D eigenvalue weighted by Crippen LogP contribution is -2.06. The summed E-state index contributed by atoms with van der Waals surface area (Å²) in [4.78, 5) is 21.7. The van der Waals surface area contributed by atoms with Gasteiger partial charge in [-0.1, -0.05) is 55.1 Å². The van der Waals surface area contributed by atoms with Crippen molar-refractivity contribution < 1.29 is 14.3 Å². The number of carbonyl (C=O) groups is 2. The van der Waals surface area contributed by atoms with Gasteiger partial charge in [-0.2, -0.15) is 0 Å². The van der Waals surface area contributed by atoms with Crippen LogP contribution in [0, 0.1) is 0 Å². The van der Waals surface area contributed by atoms with Crippen molar-refractivity contribution in [2.24, 2.45) is 0 Å². The van der Waals surface area contributed by atoms with Gasteiger partial charge in [0.05, 0.1) is 0 Å². The van der Waals surface area contributed by atoms with Crippen LogP contribution in [-0.2, 0) is 14.3 Å². The predicted molar refractivity (Wildman–Crippen MR) is 65.9 cm³/mol. The molecule has 0 amide bonds. The summed E-state index contributed by atoms with van der Waals surface area (Å²) in [5.74, 6) is -1.47. The monoisotopic (exact) mass is 228 g/mol. The summed E-state index contributed by atoms with van der Waals surface area (Å²) in [6, 6.07) is 9.63. The standard InChI is InChI=1S/C14H12O3/c1-2-13(15)17-14(16)11-7-6-10-12-8-4-3-5-9-12/h2-11H,1H2. The Morgan fingerprint density at radius 3 is 2.41 bits per heavy atom. The molecule has 0 spiro atoms. The summed E-state index contributed by atoms with van der Waals surface area (Å²) in [5, 5.41) is 0. The predicted octanol–water partition coefficient (Wildman–Crippen LogP) is 2.51. The summed E-state index contributed by atoms with van der Waals surface area (Å²) in [6.45, 7) is 3.18. The molecule has 1 rings (SSSR count). The van der Waals surface area contributed by atoms with E-state index in [0.717, 1.165) is 11.6 Å². The van der Waals surface area contributed by atoms with Crippen molar-refractivity contribution in [3.8, 4) is 0 Å². The summed E-state index contributed by atoms with van der Waals surface area (Å²) in [6.07, 6.45) is 7.13. The topological polar surface area (TPSA) is 43.4 Å².